The summed E-state index contributed by atoms with van der Waals surface area (Å²) >= 11 is 0. The van der Waals surface area contributed by atoms with Gasteiger partial charge in [-0.25, -0.2) is 22.6 Å². The average Bonchev–Trinajstić information content (AvgIpc) is 3.63. The zero-order valence-electron chi connectivity index (χ0n) is 26.6. The minimum absolute atomic E-state index is 0.170. The van der Waals surface area contributed by atoms with Crippen molar-refractivity contribution >= 4 is 53.6 Å². The third kappa shape index (κ3) is 7.54. The molecule has 3 aromatic carbocycles. The molecule has 0 spiro atoms. The van der Waals surface area contributed by atoms with E-state index >= 15 is 0 Å². The van der Waals surface area contributed by atoms with Crippen LogP contribution in [0.3, 0.4) is 0 Å². The minimum atomic E-state index is -5.06. The molecule has 0 unspecified atom stereocenters. The molecule has 5 aromatic rings. The number of nitriles is 1. The Balaban J connectivity index is 1.79. The molecule has 0 aliphatic rings. The fourth-order valence-corrected chi connectivity index (χ4v) is 6.92. The molecule has 5 rings (SSSR count). The van der Waals surface area contributed by atoms with Gasteiger partial charge in [-0.3, -0.25) is 13.8 Å². The van der Waals surface area contributed by atoms with Crippen LogP contribution < -0.4 is 4.72 Å². The molecule has 21 heteroatoms. The summed E-state index contributed by atoms with van der Waals surface area (Å²) in [7, 11) is -14.5. The number of carboxylic acid groups (broad SMARTS) is 1. The summed E-state index contributed by atoms with van der Waals surface area (Å²) in [6.45, 7) is 5.22. The lowest BCUT2D eigenvalue weighted by molar-refractivity contribution is 0.0696. The van der Waals surface area contributed by atoms with Gasteiger partial charge in [0.15, 0.2) is 17.3 Å². The number of carboxylic acids is 1. The zero-order valence-corrected chi connectivity index (χ0v) is 29.0. The van der Waals surface area contributed by atoms with Crippen LogP contribution in [0.15, 0.2) is 104 Å². The van der Waals surface area contributed by atoms with Crippen LogP contribution in [0.1, 0.15) is 42.4 Å². The van der Waals surface area contributed by atoms with Crippen LogP contribution in [0.5, 0.6) is 0 Å². The van der Waals surface area contributed by atoms with Gasteiger partial charge in [0.1, 0.15) is 16.5 Å². The molecule has 0 bridgehead atoms. The largest absolute Gasteiger partial charge is 0.478 e. The van der Waals surface area contributed by atoms with Crippen molar-refractivity contribution in [1.29, 1.82) is 5.26 Å². The highest BCUT2D eigenvalue weighted by Crippen LogP contribution is 2.41. The molecule has 0 atom stereocenters. The number of nitrogens with zero attached hydrogens (tertiary/aromatic N) is 7. The van der Waals surface area contributed by atoms with Gasteiger partial charge in [-0.1, -0.05) is 45.0 Å². The van der Waals surface area contributed by atoms with Crippen molar-refractivity contribution in [3.63, 3.8) is 0 Å². The summed E-state index contributed by atoms with van der Waals surface area (Å²) in [6.07, 6.45) is 0.944. The number of anilines is 1. The highest BCUT2D eigenvalue weighted by Gasteiger charge is 2.31. The first-order chi connectivity index (χ1) is 23.7. The van der Waals surface area contributed by atoms with Crippen molar-refractivity contribution < 1.29 is 44.3 Å². The summed E-state index contributed by atoms with van der Waals surface area (Å²) in [6, 6.07) is 16.7. The number of aromatic carboxylic acids is 1. The van der Waals surface area contributed by atoms with Crippen molar-refractivity contribution in [2.75, 3.05) is 4.72 Å². The number of nitrogens with one attached hydrogen (secondary N) is 1. The van der Waals surface area contributed by atoms with Crippen molar-refractivity contribution in [2.24, 2.45) is 10.2 Å². The van der Waals surface area contributed by atoms with E-state index in [1.165, 1.54) is 22.9 Å². The number of benzene rings is 3. The predicted molar refractivity (Wildman–Crippen MR) is 179 cm³/mol. The molecule has 0 radical (unpaired) electrons. The SMILES string of the molecule is CC(C)(C)c1nn(-c2ccccc2)c(NS(=O)(=O)c2cccc(C(=O)O)c2)c1N=Nc1c(C#N)cnn1-c1cc(S(=O)(=O)O)ccc1S(=O)(=O)O. The molecule has 0 saturated heterocycles. The van der Waals surface area contributed by atoms with Crippen LogP contribution in [-0.2, 0) is 35.7 Å². The highest BCUT2D eigenvalue weighted by atomic mass is 32.2. The number of para-hydroxylation sites is 1. The molecule has 2 aromatic heterocycles. The summed E-state index contributed by atoms with van der Waals surface area (Å²) in [5.74, 6) is -2.13. The lowest BCUT2D eigenvalue weighted by Crippen LogP contribution is -2.16. The first-order valence-electron chi connectivity index (χ1n) is 14.3. The number of sulfonamides is 1. The predicted octanol–water partition coefficient (Wildman–Crippen LogP) is 4.63. The highest BCUT2D eigenvalue weighted by molar-refractivity contribution is 7.92. The van der Waals surface area contributed by atoms with Crippen LogP contribution in [-0.4, -0.2) is 65.0 Å². The summed E-state index contributed by atoms with van der Waals surface area (Å²) < 4.78 is 99.8. The smallest absolute Gasteiger partial charge is 0.335 e. The molecule has 0 saturated carbocycles. The quantitative estimate of drug-likeness (QED) is 0.112. The molecule has 4 N–H and O–H groups in total. The molecule has 18 nitrogen and oxygen atoms in total. The number of hydrogen-bond acceptors (Lipinski definition) is 12. The van der Waals surface area contributed by atoms with Gasteiger partial charge in [0.2, 0.25) is 0 Å². The standard InChI is InChI=1S/C30H26N8O10S3/c1-30(2,3)26-25(28(37(35-26)20-9-5-4-6-10-20)36-49(41,42)21-11-7-8-18(14-21)29(39)40)33-34-27-19(16-31)17-32-38(27)23-15-22(50(43,44)45)12-13-24(23)51(46,47)48/h4-15,17,36H,1-3H3,(H,39,40)(H,43,44,45)(H,46,47,48). The number of rotatable bonds is 10. The topological polar surface area (TPSA) is 276 Å². The maximum absolute atomic E-state index is 13.8. The Morgan fingerprint density at radius 2 is 1.55 bits per heavy atom. The number of carbonyl (C=O) groups is 1. The lowest BCUT2D eigenvalue weighted by atomic mass is 9.91. The Hall–Kier alpha value is -5.79. The van der Waals surface area contributed by atoms with E-state index in [1.807, 2.05) is 0 Å². The van der Waals surface area contributed by atoms with E-state index in [2.05, 4.69) is 25.1 Å². The molecule has 51 heavy (non-hydrogen) atoms. The molecular formula is C30H26N8O10S3. The normalized spacial score (nSPS) is 12.5. The van der Waals surface area contributed by atoms with E-state index in [9.17, 15) is 49.5 Å². The van der Waals surface area contributed by atoms with Crippen LogP contribution in [0.2, 0.25) is 0 Å². The summed E-state index contributed by atoms with van der Waals surface area (Å²) in [5.41, 5.74) is -1.78. The molecular weight excluding hydrogens is 729 g/mol. The van der Waals surface area contributed by atoms with E-state index in [0.717, 1.165) is 18.3 Å². The first-order valence-corrected chi connectivity index (χ1v) is 18.6. The van der Waals surface area contributed by atoms with Crippen molar-refractivity contribution in [2.45, 2.75) is 40.9 Å². The Morgan fingerprint density at radius 1 is 0.863 bits per heavy atom. The van der Waals surface area contributed by atoms with Crippen molar-refractivity contribution in [3.8, 4) is 17.4 Å². The molecule has 264 valence electrons. The van der Waals surface area contributed by atoms with E-state index in [4.69, 9.17) is 0 Å². The van der Waals surface area contributed by atoms with Gasteiger partial charge in [0, 0.05) is 5.41 Å². The van der Waals surface area contributed by atoms with Gasteiger partial charge in [-0.15, -0.1) is 10.2 Å². The van der Waals surface area contributed by atoms with Gasteiger partial charge in [0.05, 0.1) is 38.6 Å². The van der Waals surface area contributed by atoms with Gasteiger partial charge in [-0.2, -0.15) is 32.3 Å². The van der Waals surface area contributed by atoms with Crippen molar-refractivity contribution in [3.05, 3.63) is 95.8 Å². The van der Waals surface area contributed by atoms with Gasteiger partial charge in [-0.05, 0) is 48.5 Å². The van der Waals surface area contributed by atoms with E-state index in [-0.39, 0.29) is 28.3 Å². The average molecular weight is 755 g/mol. The molecule has 0 amide bonds. The van der Waals surface area contributed by atoms with E-state index in [0.29, 0.717) is 22.5 Å². The second-order valence-electron chi connectivity index (χ2n) is 11.7. The fourth-order valence-electron chi connectivity index (χ4n) is 4.67. The third-order valence-electron chi connectivity index (χ3n) is 7.04. The van der Waals surface area contributed by atoms with Crippen LogP contribution in [0.25, 0.3) is 11.4 Å². The minimum Gasteiger partial charge on any atom is -0.478 e. The zero-order chi connectivity index (χ0) is 37.5. The Labute approximate surface area is 290 Å². The Bertz CT molecular complexity index is 2600. The van der Waals surface area contributed by atoms with Crippen LogP contribution in [0, 0.1) is 11.3 Å². The van der Waals surface area contributed by atoms with Gasteiger partial charge in [0.25, 0.3) is 30.3 Å². The number of hydrogen-bond donors (Lipinski definition) is 4. The van der Waals surface area contributed by atoms with Gasteiger partial charge >= 0.3 is 5.97 Å². The molecule has 0 aliphatic carbocycles. The Morgan fingerprint density at radius 3 is 2.14 bits per heavy atom. The van der Waals surface area contributed by atoms with Crippen LogP contribution in [0.4, 0.5) is 17.3 Å². The molecule has 0 fully saturated rings. The fraction of sp³-hybridized carbons (Fsp3) is 0.133. The second kappa shape index (κ2) is 13.2. The lowest BCUT2D eigenvalue weighted by Gasteiger charge is -2.15. The summed E-state index contributed by atoms with van der Waals surface area (Å²) in [5, 5.41) is 36.3. The monoisotopic (exact) mass is 754 g/mol. The van der Waals surface area contributed by atoms with E-state index < -0.39 is 67.8 Å². The second-order valence-corrected chi connectivity index (χ2v) is 16.2. The maximum Gasteiger partial charge on any atom is 0.335 e. The van der Waals surface area contributed by atoms with Crippen molar-refractivity contribution in [1.82, 2.24) is 19.6 Å². The third-order valence-corrected chi connectivity index (χ3v) is 10.1. The van der Waals surface area contributed by atoms with Crippen LogP contribution >= 0.6 is 0 Å². The van der Waals surface area contributed by atoms with E-state index in [1.54, 1.807) is 57.2 Å². The maximum atomic E-state index is 13.8. The summed E-state index contributed by atoms with van der Waals surface area (Å²) in [4.78, 5) is 9.52. The molecule has 0 aliphatic heterocycles. The van der Waals surface area contributed by atoms with Gasteiger partial charge < -0.3 is 5.11 Å². The number of aromatic nitrogens is 4. The number of azo groups is 1. The molecule has 2 heterocycles. The first kappa shape index (κ1) is 36.5. The Kier molecular flexibility index (Phi) is 9.41.